The lowest BCUT2D eigenvalue weighted by atomic mass is 10.1. The second kappa shape index (κ2) is 6.84. The fraction of sp³-hybridized carbons (Fsp3) is 0. The van der Waals surface area contributed by atoms with E-state index in [4.69, 9.17) is 23.2 Å². The Hall–Kier alpha value is -2.61. The highest BCUT2D eigenvalue weighted by atomic mass is 35.5. The number of imidazole rings is 1. The van der Waals surface area contributed by atoms with Crippen LogP contribution in [0.15, 0.2) is 72.0 Å². The average molecular weight is 419 g/mol. The summed E-state index contributed by atoms with van der Waals surface area (Å²) in [6.45, 7) is 0. The number of benzene rings is 2. The average Bonchev–Trinajstić information content (AvgIpc) is 3.08. The molecule has 0 unspecified atom stereocenters. The Bertz CT molecular complexity index is 1200. The predicted molar refractivity (Wildman–Crippen MR) is 106 cm³/mol. The number of hydrogen-bond donors (Lipinski definition) is 1. The molecule has 0 aliphatic heterocycles. The fourth-order valence-electron chi connectivity index (χ4n) is 2.57. The van der Waals surface area contributed by atoms with Crippen molar-refractivity contribution in [2.45, 2.75) is 4.90 Å². The second-order valence-electron chi connectivity index (χ2n) is 5.71. The van der Waals surface area contributed by atoms with Gasteiger partial charge in [-0.2, -0.15) is 0 Å². The number of nitrogens with zero attached hydrogens (tertiary/aromatic N) is 3. The van der Waals surface area contributed by atoms with E-state index < -0.39 is 10.0 Å². The molecule has 4 aromatic rings. The first-order chi connectivity index (χ1) is 12.9. The first-order valence-corrected chi connectivity index (χ1v) is 10.0. The SMILES string of the molecule is O=S(=O)(Nc1ccc(-c2cn3cccnc3n2)cc1)c1cc(Cl)ccc1Cl. The number of halogens is 2. The van der Waals surface area contributed by atoms with Crippen molar-refractivity contribution in [1.82, 2.24) is 14.4 Å². The van der Waals surface area contributed by atoms with Gasteiger partial charge in [0.05, 0.1) is 10.7 Å². The van der Waals surface area contributed by atoms with E-state index in [1.165, 1.54) is 18.2 Å². The van der Waals surface area contributed by atoms with Crippen molar-refractivity contribution in [3.05, 3.63) is 77.2 Å². The van der Waals surface area contributed by atoms with Gasteiger partial charge in [0.25, 0.3) is 10.0 Å². The van der Waals surface area contributed by atoms with Gasteiger partial charge in [-0.3, -0.25) is 9.12 Å². The molecule has 0 saturated heterocycles. The van der Waals surface area contributed by atoms with E-state index in [9.17, 15) is 8.42 Å². The normalized spacial score (nSPS) is 11.6. The van der Waals surface area contributed by atoms with Crippen molar-refractivity contribution in [2.75, 3.05) is 4.72 Å². The standard InChI is InChI=1S/C18H12Cl2N4O2S/c19-13-4-7-15(20)17(10-13)27(25,26)23-14-5-2-12(3-6-14)16-11-24-9-1-8-21-18(24)22-16/h1-11,23H. The number of hydrogen-bond acceptors (Lipinski definition) is 4. The maximum atomic E-state index is 12.6. The Morgan fingerprint density at radius 2 is 1.81 bits per heavy atom. The third-order valence-corrected chi connectivity index (χ3v) is 5.95. The Kier molecular flexibility index (Phi) is 4.51. The zero-order valence-corrected chi connectivity index (χ0v) is 16.0. The van der Waals surface area contributed by atoms with Gasteiger partial charge >= 0.3 is 0 Å². The summed E-state index contributed by atoms with van der Waals surface area (Å²) in [6, 6.07) is 13.0. The molecular formula is C18H12Cl2N4O2S. The molecule has 9 heteroatoms. The van der Waals surface area contributed by atoms with Crippen molar-refractivity contribution in [3.8, 4) is 11.3 Å². The minimum Gasteiger partial charge on any atom is -0.291 e. The molecule has 6 nitrogen and oxygen atoms in total. The van der Waals surface area contributed by atoms with Crippen molar-refractivity contribution in [1.29, 1.82) is 0 Å². The second-order valence-corrected chi connectivity index (χ2v) is 8.21. The molecule has 0 spiro atoms. The fourth-order valence-corrected chi connectivity index (χ4v) is 4.39. The summed E-state index contributed by atoms with van der Waals surface area (Å²) in [4.78, 5) is 8.54. The van der Waals surface area contributed by atoms with Gasteiger partial charge in [-0.05, 0) is 36.4 Å². The van der Waals surface area contributed by atoms with E-state index in [1.807, 2.05) is 22.9 Å². The van der Waals surface area contributed by atoms with E-state index in [-0.39, 0.29) is 14.9 Å². The van der Waals surface area contributed by atoms with Crippen molar-refractivity contribution in [2.24, 2.45) is 0 Å². The lowest BCUT2D eigenvalue weighted by molar-refractivity contribution is 0.601. The van der Waals surface area contributed by atoms with E-state index in [1.54, 1.807) is 30.5 Å². The van der Waals surface area contributed by atoms with E-state index in [2.05, 4.69) is 14.7 Å². The molecule has 0 saturated carbocycles. The quantitative estimate of drug-likeness (QED) is 0.528. The minimum absolute atomic E-state index is 0.0767. The molecule has 0 radical (unpaired) electrons. The van der Waals surface area contributed by atoms with Gasteiger partial charge in [0, 0.05) is 34.9 Å². The van der Waals surface area contributed by atoms with Gasteiger partial charge in [0.2, 0.25) is 5.78 Å². The van der Waals surface area contributed by atoms with Gasteiger partial charge in [0.15, 0.2) is 0 Å². The molecule has 0 atom stereocenters. The van der Waals surface area contributed by atoms with Crippen LogP contribution in [-0.4, -0.2) is 22.8 Å². The van der Waals surface area contributed by atoms with Crippen LogP contribution in [0.4, 0.5) is 5.69 Å². The number of anilines is 1. The van der Waals surface area contributed by atoms with Crippen LogP contribution in [0.25, 0.3) is 17.0 Å². The smallest absolute Gasteiger partial charge is 0.263 e. The van der Waals surface area contributed by atoms with Crippen molar-refractivity contribution in [3.63, 3.8) is 0 Å². The Labute approximate surface area is 165 Å². The minimum atomic E-state index is -3.86. The van der Waals surface area contributed by atoms with Crippen molar-refractivity contribution < 1.29 is 8.42 Å². The topological polar surface area (TPSA) is 76.4 Å². The zero-order valence-electron chi connectivity index (χ0n) is 13.7. The highest BCUT2D eigenvalue weighted by Gasteiger charge is 2.18. The lowest BCUT2D eigenvalue weighted by Gasteiger charge is -2.10. The van der Waals surface area contributed by atoms with Gasteiger partial charge < -0.3 is 0 Å². The Morgan fingerprint density at radius 1 is 1.04 bits per heavy atom. The highest BCUT2D eigenvalue weighted by molar-refractivity contribution is 7.92. The third-order valence-electron chi connectivity index (χ3n) is 3.85. The van der Waals surface area contributed by atoms with Crippen LogP contribution in [0.5, 0.6) is 0 Å². The molecule has 0 fully saturated rings. The predicted octanol–water partition coefficient (Wildman–Crippen LogP) is 4.50. The Balaban J connectivity index is 1.61. The summed E-state index contributed by atoms with van der Waals surface area (Å²) >= 11 is 11.9. The summed E-state index contributed by atoms with van der Waals surface area (Å²) in [7, 11) is -3.86. The van der Waals surface area contributed by atoms with Gasteiger partial charge in [-0.1, -0.05) is 35.3 Å². The highest BCUT2D eigenvalue weighted by Crippen LogP contribution is 2.27. The number of fused-ring (bicyclic) bond motifs is 1. The molecule has 2 aromatic carbocycles. The van der Waals surface area contributed by atoms with Crippen LogP contribution in [0.1, 0.15) is 0 Å². The molecular weight excluding hydrogens is 407 g/mol. The molecule has 0 amide bonds. The summed E-state index contributed by atoms with van der Waals surface area (Å²) in [5, 5.41) is 0.385. The van der Waals surface area contributed by atoms with Crippen molar-refractivity contribution >= 4 is 44.7 Å². The molecule has 0 aliphatic rings. The van der Waals surface area contributed by atoms with E-state index in [0.29, 0.717) is 11.5 Å². The molecule has 27 heavy (non-hydrogen) atoms. The van der Waals surface area contributed by atoms with E-state index in [0.717, 1.165) is 11.3 Å². The maximum absolute atomic E-state index is 12.6. The summed E-state index contributed by atoms with van der Waals surface area (Å²) in [5.41, 5.74) is 1.97. The molecule has 2 heterocycles. The number of aromatic nitrogens is 3. The molecule has 136 valence electrons. The first-order valence-electron chi connectivity index (χ1n) is 7.80. The van der Waals surface area contributed by atoms with Crippen LogP contribution >= 0.6 is 23.2 Å². The number of sulfonamides is 1. The van der Waals surface area contributed by atoms with Crippen LogP contribution in [-0.2, 0) is 10.0 Å². The van der Waals surface area contributed by atoms with Gasteiger partial charge in [0.1, 0.15) is 4.90 Å². The van der Waals surface area contributed by atoms with Crippen LogP contribution < -0.4 is 4.72 Å². The molecule has 0 aliphatic carbocycles. The van der Waals surface area contributed by atoms with Crippen LogP contribution in [0.2, 0.25) is 10.0 Å². The molecule has 1 N–H and O–H groups in total. The van der Waals surface area contributed by atoms with Gasteiger partial charge in [-0.25, -0.2) is 18.4 Å². The monoisotopic (exact) mass is 418 g/mol. The molecule has 2 aromatic heterocycles. The summed E-state index contributed by atoms with van der Waals surface area (Å²) in [6.07, 6.45) is 5.38. The molecule has 0 bridgehead atoms. The third kappa shape index (κ3) is 3.62. The van der Waals surface area contributed by atoms with E-state index >= 15 is 0 Å². The zero-order chi connectivity index (χ0) is 19.0. The number of nitrogens with one attached hydrogen (secondary N) is 1. The summed E-state index contributed by atoms with van der Waals surface area (Å²) in [5.74, 6) is 0.591. The van der Waals surface area contributed by atoms with Gasteiger partial charge in [-0.15, -0.1) is 0 Å². The molecule has 4 rings (SSSR count). The Morgan fingerprint density at radius 3 is 2.56 bits per heavy atom. The van der Waals surface area contributed by atoms with Crippen LogP contribution in [0.3, 0.4) is 0 Å². The first kappa shape index (κ1) is 17.8. The largest absolute Gasteiger partial charge is 0.291 e. The maximum Gasteiger partial charge on any atom is 0.263 e. The summed E-state index contributed by atoms with van der Waals surface area (Å²) < 4.78 is 29.4. The number of rotatable bonds is 4. The lowest BCUT2D eigenvalue weighted by Crippen LogP contribution is -2.13. The van der Waals surface area contributed by atoms with Crippen LogP contribution in [0, 0.1) is 0 Å².